The second-order valence-electron chi connectivity index (χ2n) is 2.14. The number of nitrogens with one attached hydrogen (secondary N) is 1. The lowest BCUT2D eigenvalue weighted by molar-refractivity contribution is 1.22. The first kappa shape index (κ1) is 9.06. The fourth-order valence-corrected chi connectivity index (χ4v) is 1.49. The van der Waals surface area contributed by atoms with Crippen molar-refractivity contribution < 1.29 is 0 Å². The molecule has 0 aromatic carbocycles. The fourth-order valence-electron chi connectivity index (χ4n) is 0.810. The molecule has 0 aliphatic rings. The van der Waals surface area contributed by atoms with Crippen LogP contribution in [-0.2, 0) is 0 Å². The van der Waals surface area contributed by atoms with Crippen LogP contribution in [0.1, 0.15) is 5.56 Å². The van der Waals surface area contributed by atoms with Gasteiger partial charge >= 0.3 is 0 Å². The summed E-state index contributed by atoms with van der Waals surface area (Å²) in [6.45, 7) is 1.95. The van der Waals surface area contributed by atoms with Gasteiger partial charge in [0, 0.05) is 18.8 Å². The number of hydrogen-bond acceptors (Lipinski definition) is 2. The predicted octanol–water partition coefficient (Wildman–Crippen LogP) is 2.69. The molecular formula is C7H8ClIN2. The molecule has 1 aromatic heterocycles. The first-order valence-electron chi connectivity index (χ1n) is 3.15. The van der Waals surface area contributed by atoms with Crippen LogP contribution in [0.15, 0.2) is 6.20 Å². The monoisotopic (exact) mass is 282 g/mol. The molecule has 4 heteroatoms. The van der Waals surface area contributed by atoms with E-state index in [1.165, 1.54) is 0 Å². The van der Waals surface area contributed by atoms with E-state index in [4.69, 9.17) is 11.6 Å². The van der Waals surface area contributed by atoms with E-state index < -0.39 is 0 Å². The van der Waals surface area contributed by atoms with Crippen molar-refractivity contribution in [2.24, 2.45) is 0 Å². The summed E-state index contributed by atoms with van der Waals surface area (Å²) in [6, 6.07) is 0. The van der Waals surface area contributed by atoms with Crippen molar-refractivity contribution in [3.8, 4) is 0 Å². The molecule has 0 aliphatic carbocycles. The van der Waals surface area contributed by atoms with Crippen LogP contribution in [-0.4, -0.2) is 12.0 Å². The zero-order chi connectivity index (χ0) is 8.43. The highest BCUT2D eigenvalue weighted by Crippen LogP contribution is 2.25. The molecule has 2 nitrogen and oxygen atoms in total. The Hall–Kier alpha value is -0.0300. The number of nitrogens with zero attached hydrogens (tertiary/aromatic N) is 1. The van der Waals surface area contributed by atoms with E-state index in [1.807, 2.05) is 14.0 Å². The molecule has 0 aliphatic heterocycles. The maximum absolute atomic E-state index is 5.97. The second-order valence-corrected chi connectivity index (χ2v) is 3.68. The quantitative estimate of drug-likeness (QED) is 0.801. The number of anilines is 1. The standard InChI is InChI=1S/C7H8ClIN2/c1-4-6(8)5(9)3-11-7(4)10-2/h3H,1-2H3,(H,10,11). The molecule has 0 saturated heterocycles. The molecule has 0 atom stereocenters. The first-order valence-corrected chi connectivity index (χ1v) is 4.61. The minimum Gasteiger partial charge on any atom is -0.373 e. The van der Waals surface area contributed by atoms with Crippen molar-refractivity contribution in [3.05, 3.63) is 20.4 Å². The molecule has 0 spiro atoms. The SMILES string of the molecule is CNc1ncc(I)c(Cl)c1C. The number of pyridine rings is 1. The molecule has 1 heterocycles. The normalized spacial score (nSPS) is 9.82. The third kappa shape index (κ3) is 1.76. The first-order chi connectivity index (χ1) is 5.16. The molecule has 11 heavy (non-hydrogen) atoms. The molecule has 0 fully saturated rings. The lowest BCUT2D eigenvalue weighted by atomic mass is 10.3. The van der Waals surface area contributed by atoms with Gasteiger partial charge < -0.3 is 5.32 Å². The van der Waals surface area contributed by atoms with Crippen LogP contribution in [0.3, 0.4) is 0 Å². The largest absolute Gasteiger partial charge is 0.373 e. The Morgan fingerprint density at radius 3 is 2.82 bits per heavy atom. The van der Waals surface area contributed by atoms with Crippen LogP contribution in [0.2, 0.25) is 5.02 Å². The second kappa shape index (κ2) is 3.58. The Balaban J connectivity index is 3.25. The Morgan fingerprint density at radius 2 is 2.27 bits per heavy atom. The summed E-state index contributed by atoms with van der Waals surface area (Å²) in [5.41, 5.74) is 1.00. The van der Waals surface area contributed by atoms with E-state index >= 15 is 0 Å². The zero-order valence-electron chi connectivity index (χ0n) is 6.28. The van der Waals surface area contributed by atoms with E-state index in [0.29, 0.717) is 0 Å². The highest BCUT2D eigenvalue weighted by atomic mass is 127. The van der Waals surface area contributed by atoms with Crippen LogP contribution >= 0.6 is 34.2 Å². The molecule has 1 rings (SSSR count). The van der Waals surface area contributed by atoms with Gasteiger partial charge in [-0.3, -0.25) is 0 Å². The summed E-state index contributed by atoms with van der Waals surface area (Å²) in [5, 5.41) is 3.75. The molecular weight excluding hydrogens is 274 g/mol. The Kier molecular flexibility index (Phi) is 2.95. The smallest absolute Gasteiger partial charge is 0.130 e. The van der Waals surface area contributed by atoms with Crippen molar-refractivity contribution in [1.29, 1.82) is 0 Å². The Bertz CT molecular complexity index is 275. The van der Waals surface area contributed by atoms with Crippen molar-refractivity contribution in [2.45, 2.75) is 6.92 Å². The van der Waals surface area contributed by atoms with E-state index in [-0.39, 0.29) is 0 Å². The van der Waals surface area contributed by atoms with E-state index in [1.54, 1.807) is 6.20 Å². The topological polar surface area (TPSA) is 24.9 Å². The molecule has 0 saturated carbocycles. The summed E-state index contributed by atoms with van der Waals surface area (Å²) in [4.78, 5) is 4.15. The number of hydrogen-bond donors (Lipinski definition) is 1. The summed E-state index contributed by atoms with van der Waals surface area (Å²) in [7, 11) is 1.83. The Labute approximate surface area is 84.5 Å². The van der Waals surface area contributed by atoms with E-state index in [2.05, 4.69) is 32.9 Å². The summed E-state index contributed by atoms with van der Waals surface area (Å²) in [5.74, 6) is 0.843. The van der Waals surface area contributed by atoms with Gasteiger partial charge in [0.15, 0.2) is 0 Å². The maximum Gasteiger partial charge on any atom is 0.130 e. The lowest BCUT2D eigenvalue weighted by Crippen LogP contribution is -1.96. The highest BCUT2D eigenvalue weighted by molar-refractivity contribution is 14.1. The van der Waals surface area contributed by atoms with Crippen molar-refractivity contribution >= 4 is 40.0 Å². The van der Waals surface area contributed by atoms with Crippen molar-refractivity contribution in [1.82, 2.24) is 4.98 Å². The van der Waals surface area contributed by atoms with Crippen LogP contribution in [0, 0.1) is 10.5 Å². The third-order valence-corrected chi connectivity index (χ3v) is 3.06. The van der Waals surface area contributed by atoms with Crippen LogP contribution < -0.4 is 5.32 Å². The van der Waals surface area contributed by atoms with Crippen molar-refractivity contribution in [3.63, 3.8) is 0 Å². The van der Waals surface area contributed by atoms with Gasteiger partial charge in [-0.1, -0.05) is 11.6 Å². The molecule has 1 N–H and O–H groups in total. The van der Waals surface area contributed by atoms with E-state index in [9.17, 15) is 0 Å². The summed E-state index contributed by atoms with van der Waals surface area (Å²) >= 11 is 8.13. The van der Waals surface area contributed by atoms with Crippen LogP contribution in [0.4, 0.5) is 5.82 Å². The van der Waals surface area contributed by atoms with Gasteiger partial charge in [-0.2, -0.15) is 0 Å². The molecule has 0 unspecified atom stereocenters. The molecule has 0 bridgehead atoms. The molecule has 60 valence electrons. The fraction of sp³-hybridized carbons (Fsp3) is 0.286. The minimum absolute atomic E-state index is 0.782. The summed E-state index contributed by atoms with van der Waals surface area (Å²) < 4.78 is 0.987. The van der Waals surface area contributed by atoms with E-state index in [0.717, 1.165) is 20.0 Å². The average Bonchev–Trinajstić information content (AvgIpc) is 2.01. The minimum atomic E-state index is 0.782. The average molecular weight is 283 g/mol. The lowest BCUT2D eigenvalue weighted by Gasteiger charge is -2.05. The number of aromatic nitrogens is 1. The van der Waals surface area contributed by atoms with Gasteiger partial charge in [-0.25, -0.2) is 4.98 Å². The van der Waals surface area contributed by atoms with Crippen LogP contribution in [0.25, 0.3) is 0 Å². The maximum atomic E-state index is 5.97. The summed E-state index contributed by atoms with van der Waals surface area (Å²) in [6.07, 6.45) is 1.75. The molecule has 1 aromatic rings. The number of rotatable bonds is 1. The van der Waals surface area contributed by atoms with Gasteiger partial charge in [0.05, 0.1) is 8.59 Å². The zero-order valence-corrected chi connectivity index (χ0v) is 9.19. The molecule has 0 amide bonds. The van der Waals surface area contributed by atoms with Gasteiger partial charge in [-0.15, -0.1) is 0 Å². The highest BCUT2D eigenvalue weighted by Gasteiger charge is 2.05. The van der Waals surface area contributed by atoms with Gasteiger partial charge in [-0.05, 0) is 29.5 Å². The predicted molar refractivity (Wildman–Crippen MR) is 56.2 cm³/mol. The van der Waals surface area contributed by atoms with Crippen LogP contribution in [0.5, 0.6) is 0 Å². The molecule has 0 radical (unpaired) electrons. The third-order valence-electron chi connectivity index (χ3n) is 1.44. The number of halogens is 2. The van der Waals surface area contributed by atoms with Gasteiger partial charge in [0.1, 0.15) is 5.82 Å². The van der Waals surface area contributed by atoms with Gasteiger partial charge in [0.25, 0.3) is 0 Å². The Morgan fingerprint density at radius 1 is 1.64 bits per heavy atom. The van der Waals surface area contributed by atoms with Gasteiger partial charge in [0.2, 0.25) is 0 Å². The van der Waals surface area contributed by atoms with Crippen molar-refractivity contribution in [2.75, 3.05) is 12.4 Å².